The summed E-state index contributed by atoms with van der Waals surface area (Å²) in [6.45, 7) is 7.53. The number of aromatic nitrogens is 3. The summed E-state index contributed by atoms with van der Waals surface area (Å²) in [6.07, 6.45) is -2.74. The van der Waals surface area contributed by atoms with Crippen LogP contribution in [-0.2, 0) is 27.8 Å². The standard InChI is InChI=1S/C20H26F5N3O.CO2/c1-7-15-27-16(19(4,5)6)12(3)28(15)17-14(29-18(21)22)9-13(10-26-17)8-11(2)20(23,24)25;2-1-3/h9-11,18H,7-8H2,1-6H3;. The third-order valence-electron chi connectivity index (χ3n) is 4.62. The molecule has 1 unspecified atom stereocenters. The first-order chi connectivity index (χ1) is 14.7. The second-order valence-corrected chi connectivity index (χ2v) is 8.17. The zero-order valence-electron chi connectivity index (χ0n) is 18.7. The summed E-state index contributed by atoms with van der Waals surface area (Å²) >= 11 is 0. The van der Waals surface area contributed by atoms with Crippen LogP contribution < -0.4 is 4.74 Å². The molecule has 0 amide bonds. The van der Waals surface area contributed by atoms with E-state index in [9.17, 15) is 22.0 Å². The number of nitrogens with zero attached hydrogens (tertiary/aromatic N) is 3. The lowest BCUT2D eigenvalue weighted by Gasteiger charge is -2.19. The third-order valence-corrected chi connectivity index (χ3v) is 4.62. The molecule has 11 heteroatoms. The minimum Gasteiger partial charge on any atom is -0.431 e. The van der Waals surface area contributed by atoms with Crippen LogP contribution in [0.25, 0.3) is 5.82 Å². The van der Waals surface area contributed by atoms with Gasteiger partial charge in [-0.25, -0.2) is 9.97 Å². The van der Waals surface area contributed by atoms with Gasteiger partial charge in [0.15, 0.2) is 11.6 Å². The molecule has 2 heterocycles. The summed E-state index contributed by atoms with van der Waals surface area (Å²) in [5.74, 6) is -1.22. The van der Waals surface area contributed by atoms with E-state index < -0.39 is 18.7 Å². The molecule has 2 rings (SSSR count). The summed E-state index contributed by atoms with van der Waals surface area (Å²) in [7, 11) is 0. The van der Waals surface area contributed by atoms with Crippen molar-refractivity contribution >= 4 is 6.15 Å². The molecule has 6 nitrogen and oxygen atoms in total. The average Bonchev–Trinajstić information content (AvgIpc) is 2.98. The van der Waals surface area contributed by atoms with Crippen molar-refractivity contribution in [3.8, 4) is 11.6 Å². The molecule has 0 fully saturated rings. The van der Waals surface area contributed by atoms with E-state index in [2.05, 4.69) is 14.7 Å². The first-order valence-electron chi connectivity index (χ1n) is 9.76. The molecular formula is C21H26F5N3O3. The molecule has 0 spiro atoms. The number of hydrogen-bond donors (Lipinski definition) is 0. The maximum Gasteiger partial charge on any atom is 0.391 e. The predicted octanol–water partition coefficient (Wildman–Crippen LogP) is 5.19. The quantitative estimate of drug-likeness (QED) is 0.551. The summed E-state index contributed by atoms with van der Waals surface area (Å²) < 4.78 is 70.9. The predicted molar refractivity (Wildman–Crippen MR) is 105 cm³/mol. The van der Waals surface area contributed by atoms with E-state index in [1.165, 1.54) is 12.3 Å². The van der Waals surface area contributed by atoms with Crippen molar-refractivity contribution in [2.75, 3.05) is 0 Å². The molecule has 0 N–H and O–H groups in total. The molecule has 2 aromatic rings. The third kappa shape index (κ3) is 6.85. The van der Waals surface area contributed by atoms with Crippen molar-refractivity contribution in [2.24, 2.45) is 5.92 Å². The molecule has 32 heavy (non-hydrogen) atoms. The number of halogens is 5. The normalized spacial score (nSPS) is 12.8. The Kier molecular flexibility index (Phi) is 9.08. The van der Waals surface area contributed by atoms with Gasteiger partial charge in [0, 0.05) is 23.7 Å². The first kappa shape index (κ1) is 27.2. The summed E-state index contributed by atoms with van der Waals surface area (Å²) in [6, 6.07) is 1.20. The van der Waals surface area contributed by atoms with E-state index in [0.29, 0.717) is 12.2 Å². The van der Waals surface area contributed by atoms with Gasteiger partial charge in [0.2, 0.25) is 0 Å². The number of aryl methyl sites for hydroxylation is 1. The Labute approximate surface area is 182 Å². The molecule has 0 saturated heterocycles. The topological polar surface area (TPSA) is 74.1 Å². The fraction of sp³-hybridized carbons (Fsp3) is 0.571. The summed E-state index contributed by atoms with van der Waals surface area (Å²) in [5.41, 5.74) is 1.39. The highest BCUT2D eigenvalue weighted by Crippen LogP contribution is 2.34. The minimum atomic E-state index is -4.39. The average molecular weight is 463 g/mol. The Bertz CT molecular complexity index is 943. The first-order valence-corrected chi connectivity index (χ1v) is 9.76. The van der Waals surface area contributed by atoms with E-state index in [-0.39, 0.29) is 35.1 Å². The maximum absolute atomic E-state index is 13.0. The van der Waals surface area contributed by atoms with E-state index >= 15 is 0 Å². The Morgan fingerprint density at radius 3 is 2.19 bits per heavy atom. The van der Waals surface area contributed by atoms with Crippen molar-refractivity contribution in [1.82, 2.24) is 14.5 Å². The second kappa shape index (κ2) is 10.7. The van der Waals surface area contributed by atoms with Crippen LogP contribution in [0.2, 0.25) is 0 Å². The molecule has 2 aromatic heterocycles. The van der Waals surface area contributed by atoms with Crippen molar-refractivity contribution in [3.63, 3.8) is 0 Å². The lowest BCUT2D eigenvalue weighted by molar-refractivity contribution is -0.191. The molecule has 0 aliphatic carbocycles. The fourth-order valence-corrected chi connectivity index (χ4v) is 3.20. The largest absolute Gasteiger partial charge is 0.431 e. The van der Waals surface area contributed by atoms with Crippen LogP contribution in [0.1, 0.15) is 57.4 Å². The monoisotopic (exact) mass is 463 g/mol. The van der Waals surface area contributed by atoms with E-state index in [1.807, 2.05) is 27.7 Å². The molecule has 0 aliphatic heterocycles. The number of pyridine rings is 1. The van der Waals surface area contributed by atoms with Crippen molar-refractivity contribution in [3.05, 3.63) is 35.0 Å². The zero-order chi connectivity index (χ0) is 24.9. The van der Waals surface area contributed by atoms with E-state index in [1.54, 1.807) is 11.5 Å². The van der Waals surface area contributed by atoms with Gasteiger partial charge in [-0.1, -0.05) is 34.6 Å². The number of alkyl halides is 5. The van der Waals surface area contributed by atoms with Crippen molar-refractivity contribution in [2.45, 2.75) is 72.6 Å². The number of hydrogen-bond acceptors (Lipinski definition) is 5. The van der Waals surface area contributed by atoms with Crippen molar-refractivity contribution in [1.29, 1.82) is 0 Å². The molecule has 0 radical (unpaired) electrons. The number of ether oxygens (including phenoxy) is 1. The van der Waals surface area contributed by atoms with Crippen LogP contribution in [0.5, 0.6) is 5.75 Å². The van der Waals surface area contributed by atoms with Gasteiger partial charge in [0.05, 0.1) is 11.6 Å². The molecule has 0 aromatic carbocycles. The Morgan fingerprint density at radius 2 is 1.75 bits per heavy atom. The van der Waals surface area contributed by atoms with Crippen LogP contribution in [-0.4, -0.2) is 33.5 Å². The van der Waals surface area contributed by atoms with Crippen LogP contribution in [0.3, 0.4) is 0 Å². The van der Waals surface area contributed by atoms with Crippen LogP contribution in [0.15, 0.2) is 12.3 Å². The summed E-state index contributed by atoms with van der Waals surface area (Å²) in [4.78, 5) is 25.1. The molecule has 178 valence electrons. The van der Waals surface area contributed by atoms with E-state index in [0.717, 1.165) is 18.3 Å². The van der Waals surface area contributed by atoms with Gasteiger partial charge in [-0.3, -0.25) is 4.57 Å². The smallest absolute Gasteiger partial charge is 0.391 e. The summed E-state index contributed by atoms with van der Waals surface area (Å²) in [5, 5.41) is 0. The minimum absolute atomic E-state index is 0.0889. The molecule has 0 saturated carbocycles. The Balaban J connectivity index is 0.00000161. The van der Waals surface area contributed by atoms with Crippen LogP contribution in [0.4, 0.5) is 22.0 Å². The molecule has 0 aliphatic rings. The highest BCUT2D eigenvalue weighted by atomic mass is 19.4. The molecular weight excluding hydrogens is 437 g/mol. The van der Waals surface area contributed by atoms with Crippen LogP contribution in [0, 0.1) is 12.8 Å². The maximum atomic E-state index is 13.0. The van der Waals surface area contributed by atoms with Gasteiger partial charge in [0.1, 0.15) is 5.82 Å². The lowest BCUT2D eigenvalue weighted by atomic mass is 9.91. The fourth-order valence-electron chi connectivity index (χ4n) is 3.20. The Morgan fingerprint density at radius 1 is 1.19 bits per heavy atom. The van der Waals surface area contributed by atoms with Crippen LogP contribution >= 0.6 is 0 Å². The van der Waals surface area contributed by atoms with Crippen molar-refractivity contribution < 1.29 is 36.3 Å². The molecule has 0 bridgehead atoms. The van der Waals surface area contributed by atoms with E-state index in [4.69, 9.17) is 9.59 Å². The van der Waals surface area contributed by atoms with Gasteiger partial charge >= 0.3 is 18.9 Å². The highest BCUT2D eigenvalue weighted by molar-refractivity contribution is 5.46. The van der Waals surface area contributed by atoms with Gasteiger partial charge in [-0.05, 0) is 25.0 Å². The highest BCUT2D eigenvalue weighted by Gasteiger charge is 2.36. The number of imidazole rings is 1. The van der Waals surface area contributed by atoms with Gasteiger partial charge in [-0.2, -0.15) is 31.5 Å². The van der Waals surface area contributed by atoms with Gasteiger partial charge in [-0.15, -0.1) is 0 Å². The number of rotatable bonds is 6. The number of carbonyl (C=O) groups excluding carboxylic acids is 2. The molecule has 1 atom stereocenters. The zero-order valence-corrected chi connectivity index (χ0v) is 18.7. The van der Waals surface area contributed by atoms with Gasteiger partial charge < -0.3 is 4.74 Å². The van der Waals surface area contributed by atoms with Gasteiger partial charge in [0.25, 0.3) is 0 Å². The SMILES string of the molecule is CCc1nc(C(C)(C)C)c(C)n1-c1ncc(CC(C)C(F)(F)F)cc1OC(F)F.O=C=O. The Hall–Kier alpha value is -2.81. The lowest BCUT2D eigenvalue weighted by Crippen LogP contribution is -2.22. The second-order valence-electron chi connectivity index (χ2n) is 8.17.